The van der Waals surface area contributed by atoms with E-state index in [-0.39, 0.29) is 17.1 Å². The highest BCUT2D eigenvalue weighted by Gasteiger charge is 2.27. The Kier molecular flexibility index (Phi) is 4.29. The van der Waals surface area contributed by atoms with Gasteiger partial charge in [-0.2, -0.15) is 5.10 Å². The molecule has 9 heteroatoms. The Balaban J connectivity index is 2.06. The third-order valence-electron chi connectivity index (χ3n) is 3.23. The average molecular weight is 324 g/mol. The number of nitrogens with zero attached hydrogens (tertiary/aromatic N) is 3. The summed E-state index contributed by atoms with van der Waals surface area (Å²) in [4.78, 5) is 23.0. The number of nitrogens with one attached hydrogen (secondary N) is 1. The topological polar surface area (TPSA) is 110 Å². The molecule has 8 nitrogen and oxygen atoms in total. The van der Waals surface area contributed by atoms with E-state index in [9.17, 15) is 20.0 Å². The zero-order valence-corrected chi connectivity index (χ0v) is 13.2. The number of amides is 1. The SMILES string of the molecule is Cc1sc(C(=O)NCC(C)(O)c2cnn(C)c2)cc1[N+](=O)[O-]. The first-order valence-corrected chi connectivity index (χ1v) is 7.27. The van der Waals surface area contributed by atoms with Crippen LogP contribution in [0.2, 0.25) is 0 Å². The second kappa shape index (κ2) is 5.85. The molecule has 0 aliphatic heterocycles. The molecule has 118 valence electrons. The number of aromatic nitrogens is 2. The van der Waals surface area contributed by atoms with Gasteiger partial charge in [-0.15, -0.1) is 11.3 Å². The van der Waals surface area contributed by atoms with Crippen LogP contribution in [0.4, 0.5) is 5.69 Å². The van der Waals surface area contributed by atoms with Crippen LogP contribution in [-0.4, -0.2) is 32.3 Å². The third-order valence-corrected chi connectivity index (χ3v) is 4.27. The highest BCUT2D eigenvalue weighted by molar-refractivity contribution is 7.14. The monoisotopic (exact) mass is 324 g/mol. The van der Waals surface area contributed by atoms with E-state index in [2.05, 4.69) is 10.4 Å². The smallest absolute Gasteiger partial charge is 0.283 e. The van der Waals surface area contributed by atoms with E-state index in [0.717, 1.165) is 11.3 Å². The minimum atomic E-state index is -1.28. The highest BCUT2D eigenvalue weighted by Crippen LogP contribution is 2.28. The Hall–Kier alpha value is -2.26. The molecule has 2 aromatic rings. The van der Waals surface area contributed by atoms with Crippen LogP contribution in [-0.2, 0) is 12.6 Å². The zero-order valence-electron chi connectivity index (χ0n) is 12.4. The molecule has 22 heavy (non-hydrogen) atoms. The molecule has 2 rings (SSSR count). The van der Waals surface area contributed by atoms with E-state index < -0.39 is 16.4 Å². The van der Waals surface area contributed by atoms with E-state index in [1.807, 2.05) is 0 Å². The van der Waals surface area contributed by atoms with Crippen molar-refractivity contribution in [2.24, 2.45) is 7.05 Å². The van der Waals surface area contributed by atoms with Crippen molar-refractivity contribution in [2.75, 3.05) is 6.54 Å². The first kappa shape index (κ1) is 16.1. The van der Waals surface area contributed by atoms with E-state index in [1.54, 1.807) is 31.8 Å². The molecule has 1 atom stereocenters. The number of aliphatic hydroxyl groups is 1. The quantitative estimate of drug-likeness (QED) is 0.637. The van der Waals surface area contributed by atoms with Crippen LogP contribution in [0.1, 0.15) is 27.0 Å². The fourth-order valence-corrected chi connectivity index (χ4v) is 2.81. The van der Waals surface area contributed by atoms with Crippen molar-refractivity contribution in [2.45, 2.75) is 19.4 Å². The molecule has 2 N–H and O–H groups in total. The van der Waals surface area contributed by atoms with Crippen molar-refractivity contribution >= 4 is 22.9 Å². The Labute approximate surface area is 130 Å². The molecule has 1 amide bonds. The maximum Gasteiger partial charge on any atom is 0.283 e. The van der Waals surface area contributed by atoms with Crippen molar-refractivity contribution in [3.8, 4) is 0 Å². The lowest BCUT2D eigenvalue weighted by Crippen LogP contribution is -2.38. The fraction of sp³-hybridized carbons (Fsp3) is 0.385. The van der Waals surface area contributed by atoms with Gasteiger partial charge in [0, 0.05) is 24.9 Å². The number of nitro groups is 1. The summed E-state index contributed by atoms with van der Waals surface area (Å²) < 4.78 is 1.55. The third kappa shape index (κ3) is 3.31. The van der Waals surface area contributed by atoms with Gasteiger partial charge in [-0.1, -0.05) is 0 Å². The van der Waals surface area contributed by atoms with Gasteiger partial charge < -0.3 is 10.4 Å². The van der Waals surface area contributed by atoms with Crippen molar-refractivity contribution in [3.05, 3.63) is 43.9 Å². The average Bonchev–Trinajstić information content (AvgIpc) is 3.02. The molecule has 0 saturated heterocycles. The summed E-state index contributed by atoms with van der Waals surface area (Å²) in [5.41, 5.74) is -0.778. The molecule has 0 spiro atoms. The van der Waals surface area contributed by atoms with Gasteiger partial charge in [0.2, 0.25) is 0 Å². The Bertz CT molecular complexity index is 719. The number of hydrogen-bond donors (Lipinski definition) is 2. The van der Waals surface area contributed by atoms with Crippen molar-refractivity contribution in [1.82, 2.24) is 15.1 Å². The molecule has 2 heterocycles. The van der Waals surface area contributed by atoms with Crippen LogP contribution in [0.15, 0.2) is 18.5 Å². The van der Waals surface area contributed by atoms with Gasteiger partial charge in [-0.05, 0) is 13.8 Å². The molecular formula is C13H16N4O4S. The predicted molar refractivity (Wildman–Crippen MR) is 80.8 cm³/mol. The Morgan fingerprint density at radius 2 is 2.32 bits per heavy atom. The maximum absolute atomic E-state index is 12.1. The minimum absolute atomic E-state index is 0.0255. The molecule has 1 unspecified atom stereocenters. The Morgan fingerprint density at radius 3 is 2.82 bits per heavy atom. The molecule has 2 aromatic heterocycles. The van der Waals surface area contributed by atoms with Gasteiger partial charge in [0.25, 0.3) is 11.6 Å². The number of hydrogen-bond acceptors (Lipinski definition) is 6. The highest BCUT2D eigenvalue weighted by atomic mass is 32.1. The molecule has 0 aliphatic rings. The Morgan fingerprint density at radius 1 is 1.64 bits per heavy atom. The molecule has 0 saturated carbocycles. The second-order valence-corrected chi connectivity index (χ2v) is 6.42. The number of carbonyl (C=O) groups is 1. The molecule has 0 aromatic carbocycles. The molecule has 0 bridgehead atoms. The molecule has 0 aliphatic carbocycles. The second-order valence-electron chi connectivity index (χ2n) is 5.17. The van der Waals surface area contributed by atoms with Crippen LogP contribution in [0.5, 0.6) is 0 Å². The summed E-state index contributed by atoms with van der Waals surface area (Å²) in [6.45, 7) is 3.13. The van der Waals surface area contributed by atoms with E-state index in [4.69, 9.17) is 0 Å². The molecular weight excluding hydrogens is 308 g/mol. The normalized spacial score (nSPS) is 13.6. The minimum Gasteiger partial charge on any atom is -0.383 e. The van der Waals surface area contributed by atoms with E-state index >= 15 is 0 Å². The zero-order chi connectivity index (χ0) is 16.5. The number of carbonyl (C=O) groups excluding carboxylic acids is 1. The predicted octanol–water partition coefficient (Wildman–Crippen LogP) is 1.34. The van der Waals surface area contributed by atoms with Crippen molar-refractivity contribution < 1.29 is 14.8 Å². The van der Waals surface area contributed by atoms with Crippen molar-refractivity contribution in [1.29, 1.82) is 0 Å². The fourth-order valence-electron chi connectivity index (χ4n) is 1.91. The van der Waals surface area contributed by atoms with Crippen LogP contribution < -0.4 is 5.32 Å². The summed E-state index contributed by atoms with van der Waals surface area (Å²) in [5, 5.41) is 27.7. The first-order chi connectivity index (χ1) is 10.2. The summed E-state index contributed by atoms with van der Waals surface area (Å²) in [6.07, 6.45) is 3.18. The standard InChI is InChI=1S/C13H16N4O4S/c1-8-10(17(20)21)4-11(22-8)12(18)14-7-13(2,19)9-5-15-16(3)6-9/h4-6,19H,7H2,1-3H3,(H,14,18). The number of thiophene rings is 1. The first-order valence-electron chi connectivity index (χ1n) is 6.45. The lowest BCUT2D eigenvalue weighted by molar-refractivity contribution is -0.385. The van der Waals surface area contributed by atoms with Gasteiger partial charge in [0.1, 0.15) is 5.60 Å². The number of rotatable bonds is 5. The van der Waals surface area contributed by atoms with Gasteiger partial charge >= 0.3 is 0 Å². The molecule has 0 radical (unpaired) electrons. The van der Waals surface area contributed by atoms with Crippen LogP contribution in [0, 0.1) is 17.0 Å². The maximum atomic E-state index is 12.1. The largest absolute Gasteiger partial charge is 0.383 e. The van der Waals surface area contributed by atoms with Crippen molar-refractivity contribution in [3.63, 3.8) is 0 Å². The summed E-state index contributed by atoms with van der Waals surface area (Å²) in [6, 6.07) is 1.24. The van der Waals surface area contributed by atoms with E-state index in [1.165, 1.54) is 12.3 Å². The van der Waals surface area contributed by atoms with Crippen LogP contribution in [0.3, 0.4) is 0 Å². The lowest BCUT2D eigenvalue weighted by atomic mass is 10.00. The van der Waals surface area contributed by atoms with E-state index in [0.29, 0.717) is 10.4 Å². The number of aryl methyl sites for hydroxylation is 2. The van der Waals surface area contributed by atoms with Crippen LogP contribution in [0.25, 0.3) is 0 Å². The van der Waals surface area contributed by atoms with Gasteiger partial charge in [0.05, 0.1) is 27.4 Å². The summed E-state index contributed by atoms with van der Waals surface area (Å²) >= 11 is 1.05. The van der Waals surface area contributed by atoms with Crippen LogP contribution >= 0.6 is 11.3 Å². The van der Waals surface area contributed by atoms with Gasteiger partial charge in [-0.25, -0.2) is 0 Å². The van der Waals surface area contributed by atoms with Gasteiger partial charge in [-0.3, -0.25) is 19.6 Å². The van der Waals surface area contributed by atoms with Gasteiger partial charge in [0.15, 0.2) is 0 Å². The lowest BCUT2D eigenvalue weighted by Gasteiger charge is -2.22. The summed E-state index contributed by atoms with van der Waals surface area (Å²) in [5.74, 6) is -0.453. The molecule has 0 fully saturated rings. The summed E-state index contributed by atoms with van der Waals surface area (Å²) in [7, 11) is 1.73.